The molecule has 0 saturated carbocycles. The van der Waals surface area contributed by atoms with E-state index in [9.17, 15) is 4.21 Å². The van der Waals surface area contributed by atoms with Gasteiger partial charge in [-0.3, -0.25) is 0 Å². The van der Waals surface area contributed by atoms with Gasteiger partial charge < -0.3 is 4.55 Å². The van der Waals surface area contributed by atoms with Crippen molar-refractivity contribution in [3.8, 4) is 0 Å². The Bertz CT molecular complexity index is 79.8. The van der Waals surface area contributed by atoms with Crippen molar-refractivity contribution in [1.82, 2.24) is 0 Å². The molecule has 0 aliphatic heterocycles. The first-order valence-electron chi connectivity index (χ1n) is 1.81. The van der Waals surface area contributed by atoms with Gasteiger partial charge in [-0.05, 0) is 6.42 Å². The van der Waals surface area contributed by atoms with Crippen LogP contribution in [0.2, 0.25) is 0 Å². The molecule has 7 heavy (non-hydrogen) atoms. The van der Waals surface area contributed by atoms with Crippen LogP contribution in [-0.2, 0) is 11.1 Å². The Kier molecular flexibility index (Phi) is 3.93. The second-order valence-corrected chi connectivity index (χ2v) is 1.85. The standard InChI is InChI=1S/C4H7O2S/c1-2-3-4-7(5)6/h2,4H,1,3H2,(H,5,6). The summed E-state index contributed by atoms with van der Waals surface area (Å²) >= 11 is -1.76. The van der Waals surface area contributed by atoms with Crippen LogP contribution in [0.3, 0.4) is 0 Å². The van der Waals surface area contributed by atoms with E-state index in [1.54, 1.807) is 6.08 Å². The Morgan fingerprint density at radius 2 is 2.43 bits per heavy atom. The van der Waals surface area contributed by atoms with Crippen LogP contribution < -0.4 is 0 Å². The van der Waals surface area contributed by atoms with Gasteiger partial charge in [-0.1, -0.05) is 6.08 Å². The lowest BCUT2D eigenvalue weighted by molar-refractivity contribution is 0.569. The maximum atomic E-state index is 9.77. The highest BCUT2D eigenvalue weighted by molar-refractivity contribution is 7.81. The number of allylic oxidation sites excluding steroid dienone is 1. The van der Waals surface area contributed by atoms with Crippen molar-refractivity contribution >= 4 is 11.1 Å². The average Bonchev–Trinajstić information content (AvgIpc) is 1.61. The summed E-state index contributed by atoms with van der Waals surface area (Å²) in [5.74, 6) is 1.26. The molecule has 0 aliphatic rings. The lowest BCUT2D eigenvalue weighted by Gasteiger charge is -1.82. The van der Waals surface area contributed by atoms with Gasteiger partial charge in [-0.2, -0.15) is 0 Å². The molecule has 41 valence electrons. The highest BCUT2D eigenvalue weighted by atomic mass is 32.2. The van der Waals surface area contributed by atoms with Gasteiger partial charge in [-0.25, -0.2) is 4.21 Å². The molecule has 0 fully saturated rings. The van der Waals surface area contributed by atoms with E-state index in [1.165, 1.54) is 5.75 Å². The molecule has 1 atom stereocenters. The van der Waals surface area contributed by atoms with E-state index in [2.05, 4.69) is 6.58 Å². The molecule has 0 amide bonds. The minimum atomic E-state index is -1.76. The van der Waals surface area contributed by atoms with E-state index in [0.717, 1.165) is 0 Å². The van der Waals surface area contributed by atoms with Crippen molar-refractivity contribution in [2.45, 2.75) is 6.42 Å². The van der Waals surface area contributed by atoms with Crippen LogP contribution in [-0.4, -0.2) is 8.76 Å². The fourth-order valence-corrected chi connectivity index (χ4v) is 0.451. The molecule has 1 radical (unpaired) electrons. The fourth-order valence-electron chi connectivity index (χ4n) is 0.150. The maximum absolute atomic E-state index is 9.77. The minimum absolute atomic E-state index is 0.489. The second kappa shape index (κ2) is 4.02. The molecule has 0 bridgehead atoms. The highest BCUT2D eigenvalue weighted by Gasteiger charge is 1.86. The summed E-state index contributed by atoms with van der Waals surface area (Å²) in [7, 11) is 0. The van der Waals surface area contributed by atoms with Crippen molar-refractivity contribution in [3.63, 3.8) is 0 Å². The minimum Gasteiger partial charge on any atom is -0.306 e. The van der Waals surface area contributed by atoms with E-state index >= 15 is 0 Å². The summed E-state index contributed by atoms with van der Waals surface area (Å²) in [6, 6.07) is 0. The first kappa shape index (κ1) is 6.85. The van der Waals surface area contributed by atoms with Crippen LogP contribution in [0.15, 0.2) is 12.7 Å². The molecular formula is C4H7O2S. The third-order valence-corrected chi connectivity index (χ3v) is 0.883. The van der Waals surface area contributed by atoms with Gasteiger partial charge in [0.2, 0.25) is 0 Å². The molecular weight excluding hydrogens is 112 g/mol. The summed E-state index contributed by atoms with van der Waals surface area (Å²) in [6.07, 6.45) is 2.05. The molecule has 0 aromatic rings. The lowest BCUT2D eigenvalue weighted by Crippen LogP contribution is -1.83. The maximum Gasteiger partial charge on any atom is 0.157 e. The number of rotatable bonds is 3. The van der Waals surface area contributed by atoms with E-state index in [1.807, 2.05) is 0 Å². The third kappa shape index (κ3) is 5.85. The van der Waals surface area contributed by atoms with E-state index in [0.29, 0.717) is 6.42 Å². The first-order chi connectivity index (χ1) is 3.27. The fraction of sp³-hybridized carbons (Fsp3) is 0.250. The Labute approximate surface area is 45.5 Å². The Morgan fingerprint density at radius 3 is 2.57 bits per heavy atom. The van der Waals surface area contributed by atoms with Crippen molar-refractivity contribution in [1.29, 1.82) is 0 Å². The van der Waals surface area contributed by atoms with E-state index in [-0.39, 0.29) is 0 Å². The zero-order chi connectivity index (χ0) is 5.70. The molecule has 0 heterocycles. The van der Waals surface area contributed by atoms with Crippen molar-refractivity contribution in [3.05, 3.63) is 18.4 Å². The number of hydrogen-bond acceptors (Lipinski definition) is 1. The van der Waals surface area contributed by atoms with Crippen LogP contribution >= 0.6 is 0 Å². The molecule has 0 aliphatic carbocycles. The first-order valence-corrected chi connectivity index (χ1v) is 2.98. The molecule has 2 nitrogen and oxygen atoms in total. The molecule has 1 N–H and O–H groups in total. The van der Waals surface area contributed by atoms with Gasteiger partial charge in [0.05, 0.1) is 5.75 Å². The van der Waals surface area contributed by atoms with Gasteiger partial charge in [0, 0.05) is 0 Å². The van der Waals surface area contributed by atoms with Crippen LogP contribution in [0.5, 0.6) is 0 Å². The monoisotopic (exact) mass is 119 g/mol. The van der Waals surface area contributed by atoms with Crippen LogP contribution in [0.25, 0.3) is 0 Å². The Morgan fingerprint density at radius 1 is 1.86 bits per heavy atom. The summed E-state index contributed by atoms with van der Waals surface area (Å²) < 4.78 is 17.8. The quantitative estimate of drug-likeness (QED) is 0.443. The largest absolute Gasteiger partial charge is 0.306 e. The molecule has 3 heteroatoms. The Balaban J connectivity index is 2.97. The predicted octanol–water partition coefficient (Wildman–Crippen LogP) is 0.946. The summed E-state index contributed by atoms with van der Waals surface area (Å²) in [5, 5.41) is 0. The molecule has 0 saturated heterocycles. The van der Waals surface area contributed by atoms with Crippen LogP contribution in [0.1, 0.15) is 6.42 Å². The van der Waals surface area contributed by atoms with Crippen molar-refractivity contribution < 1.29 is 8.76 Å². The molecule has 1 unspecified atom stereocenters. The van der Waals surface area contributed by atoms with Gasteiger partial charge in [0.15, 0.2) is 11.1 Å². The predicted molar refractivity (Wildman–Crippen MR) is 29.9 cm³/mol. The third-order valence-electron chi connectivity index (χ3n) is 0.405. The topological polar surface area (TPSA) is 37.3 Å². The van der Waals surface area contributed by atoms with Gasteiger partial charge in [-0.15, -0.1) is 6.58 Å². The zero-order valence-electron chi connectivity index (χ0n) is 3.83. The summed E-state index contributed by atoms with van der Waals surface area (Å²) in [4.78, 5) is 0. The van der Waals surface area contributed by atoms with Crippen molar-refractivity contribution in [2.24, 2.45) is 0 Å². The van der Waals surface area contributed by atoms with Gasteiger partial charge >= 0.3 is 0 Å². The van der Waals surface area contributed by atoms with E-state index < -0.39 is 11.1 Å². The second-order valence-electron chi connectivity index (χ2n) is 0.967. The average molecular weight is 119 g/mol. The Hall–Kier alpha value is -0.150. The van der Waals surface area contributed by atoms with Gasteiger partial charge in [0.25, 0.3) is 0 Å². The van der Waals surface area contributed by atoms with E-state index in [4.69, 9.17) is 4.55 Å². The summed E-state index contributed by atoms with van der Waals surface area (Å²) in [5.41, 5.74) is 0. The van der Waals surface area contributed by atoms with Crippen molar-refractivity contribution in [2.75, 3.05) is 0 Å². The lowest BCUT2D eigenvalue weighted by atomic mass is 10.5. The van der Waals surface area contributed by atoms with Crippen LogP contribution in [0, 0.1) is 5.75 Å². The van der Waals surface area contributed by atoms with Crippen LogP contribution in [0.4, 0.5) is 0 Å². The molecule has 0 aromatic carbocycles. The highest BCUT2D eigenvalue weighted by Crippen LogP contribution is 1.88. The molecule has 0 spiro atoms. The smallest absolute Gasteiger partial charge is 0.157 e. The van der Waals surface area contributed by atoms with Gasteiger partial charge in [0.1, 0.15) is 0 Å². The number of hydrogen-bond donors (Lipinski definition) is 1. The normalized spacial score (nSPS) is 13.3. The zero-order valence-corrected chi connectivity index (χ0v) is 4.65. The molecule has 0 aromatic heterocycles. The molecule has 0 rings (SSSR count). The summed E-state index contributed by atoms with van der Waals surface area (Å²) in [6.45, 7) is 3.36. The SMILES string of the molecule is C=CC[CH]S(=O)O.